The zero-order valence-corrected chi connectivity index (χ0v) is 9.95. The Hall–Kier alpha value is -2.31. The first kappa shape index (κ1) is 13.8. The zero-order valence-electron chi connectivity index (χ0n) is 9.95. The monoisotopic (exact) mass is 255 g/mol. The number of nitrogens with zero attached hydrogens (tertiary/aromatic N) is 1. The maximum absolute atomic E-state index is 10.6. The van der Waals surface area contributed by atoms with Crippen LogP contribution in [0.15, 0.2) is 18.2 Å². The van der Waals surface area contributed by atoms with Crippen LogP contribution in [0.4, 0.5) is 5.69 Å². The highest BCUT2D eigenvalue weighted by molar-refractivity contribution is 5.67. The minimum atomic E-state index is -1.01. The number of carboxylic acids is 1. The summed E-state index contributed by atoms with van der Waals surface area (Å²) in [5, 5.41) is 19.2. The SMILES string of the molecule is COc1ccc([N+](=O)[O-])cc1O[C@@H](C)CC(=O)O. The smallest absolute Gasteiger partial charge is 0.307 e. The second-order valence-corrected chi connectivity index (χ2v) is 3.62. The van der Waals surface area contributed by atoms with Crippen molar-refractivity contribution in [2.45, 2.75) is 19.4 Å². The molecule has 0 amide bonds. The van der Waals surface area contributed by atoms with Gasteiger partial charge in [-0.05, 0) is 13.0 Å². The lowest BCUT2D eigenvalue weighted by atomic mass is 10.2. The van der Waals surface area contributed by atoms with Crippen LogP contribution < -0.4 is 9.47 Å². The lowest BCUT2D eigenvalue weighted by Crippen LogP contribution is -2.17. The van der Waals surface area contributed by atoms with E-state index in [1.807, 2.05) is 0 Å². The quantitative estimate of drug-likeness (QED) is 0.615. The summed E-state index contributed by atoms with van der Waals surface area (Å²) in [5.41, 5.74) is -0.145. The van der Waals surface area contributed by atoms with Crippen molar-refractivity contribution in [1.29, 1.82) is 0 Å². The number of aliphatic carboxylic acids is 1. The minimum Gasteiger partial charge on any atom is -0.493 e. The van der Waals surface area contributed by atoms with Gasteiger partial charge in [-0.1, -0.05) is 0 Å². The van der Waals surface area contributed by atoms with E-state index < -0.39 is 17.0 Å². The van der Waals surface area contributed by atoms with Gasteiger partial charge in [-0.15, -0.1) is 0 Å². The van der Waals surface area contributed by atoms with Crippen molar-refractivity contribution >= 4 is 11.7 Å². The van der Waals surface area contributed by atoms with E-state index in [4.69, 9.17) is 14.6 Å². The summed E-state index contributed by atoms with van der Waals surface area (Å²) >= 11 is 0. The van der Waals surface area contributed by atoms with E-state index in [0.29, 0.717) is 5.75 Å². The van der Waals surface area contributed by atoms with Gasteiger partial charge in [0.25, 0.3) is 5.69 Å². The number of hydrogen-bond donors (Lipinski definition) is 1. The number of carbonyl (C=O) groups is 1. The number of ether oxygens (including phenoxy) is 2. The van der Waals surface area contributed by atoms with Gasteiger partial charge in [0.1, 0.15) is 6.10 Å². The van der Waals surface area contributed by atoms with Gasteiger partial charge in [0, 0.05) is 6.07 Å². The fourth-order valence-corrected chi connectivity index (χ4v) is 1.38. The molecule has 0 fully saturated rings. The number of nitro groups is 1. The van der Waals surface area contributed by atoms with Gasteiger partial charge in [-0.25, -0.2) is 0 Å². The summed E-state index contributed by atoms with van der Waals surface area (Å²) in [4.78, 5) is 20.6. The predicted molar refractivity (Wildman–Crippen MR) is 62.0 cm³/mol. The lowest BCUT2D eigenvalue weighted by Gasteiger charge is -2.15. The number of nitro benzene ring substituents is 1. The van der Waals surface area contributed by atoms with Crippen LogP contribution in [0.3, 0.4) is 0 Å². The molecule has 1 aromatic rings. The second kappa shape index (κ2) is 5.85. The van der Waals surface area contributed by atoms with Gasteiger partial charge >= 0.3 is 5.97 Å². The third kappa shape index (κ3) is 3.62. The molecule has 0 radical (unpaired) electrons. The van der Waals surface area contributed by atoms with Crippen LogP contribution in [0.2, 0.25) is 0 Å². The van der Waals surface area contributed by atoms with Gasteiger partial charge in [-0.2, -0.15) is 0 Å². The predicted octanol–water partition coefficient (Wildman–Crippen LogP) is 1.85. The molecule has 7 heteroatoms. The molecule has 0 aliphatic rings. The van der Waals surface area contributed by atoms with Crippen molar-refractivity contribution in [3.05, 3.63) is 28.3 Å². The normalized spacial score (nSPS) is 11.7. The Morgan fingerprint density at radius 2 is 2.17 bits per heavy atom. The molecule has 1 N–H and O–H groups in total. The molecule has 0 aliphatic heterocycles. The van der Waals surface area contributed by atoms with E-state index in [0.717, 1.165) is 0 Å². The number of carboxylic acid groups (broad SMARTS) is 1. The Kier molecular flexibility index (Phi) is 4.47. The molecule has 1 aromatic carbocycles. The molecule has 0 saturated heterocycles. The van der Waals surface area contributed by atoms with Crippen molar-refractivity contribution in [1.82, 2.24) is 0 Å². The number of methoxy groups -OCH3 is 1. The van der Waals surface area contributed by atoms with Gasteiger partial charge in [-0.3, -0.25) is 14.9 Å². The Labute approximate surface area is 103 Å². The third-order valence-corrected chi connectivity index (χ3v) is 2.15. The first-order chi connectivity index (χ1) is 8.43. The lowest BCUT2D eigenvalue weighted by molar-refractivity contribution is -0.385. The highest BCUT2D eigenvalue weighted by atomic mass is 16.6. The van der Waals surface area contributed by atoms with Crippen molar-refractivity contribution in [3.8, 4) is 11.5 Å². The Morgan fingerprint density at radius 3 is 2.67 bits per heavy atom. The second-order valence-electron chi connectivity index (χ2n) is 3.62. The molecule has 1 rings (SSSR count). The van der Waals surface area contributed by atoms with Gasteiger partial charge < -0.3 is 14.6 Å². The van der Waals surface area contributed by atoms with Crippen LogP contribution in [0.5, 0.6) is 11.5 Å². The Balaban J connectivity index is 2.94. The molecule has 0 unspecified atom stereocenters. The van der Waals surface area contributed by atoms with Crippen molar-refractivity contribution < 1.29 is 24.3 Å². The van der Waals surface area contributed by atoms with Crippen LogP contribution >= 0.6 is 0 Å². The summed E-state index contributed by atoms with van der Waals surface area (Å²) < 4.78 is 10.3. The summed E-state index contributed by atoms with van der Waals surface area (Å²) in [6, 6.07) is 3.89. The Bertz CT molecular complexity index is 459. The van der Waals surface area contributed by atoms with Crippen molar-refractivity contribution in [2.75, 3.05) is 7.11 Å². The molecule has 0 bridgehead atoms. The fraction of sp³-hybridized carbons (Fsp3) is 0.364. The zero-order chi connectivity index (χ0) is 13.7. The highest BCUT2D eigenvalue weighted by Crippen LogP contribution is 2.32. The number of benzene rings is 1. The molecule has 0 saturated carbocycles. The van der Waals surface area contributed by atoms with Crippen LogP contribution in [0.25, 0.3) is 0 Å². The topological polar surface area (TPSA) is 98.9 Å². The average Bonchev–Trinajstić information content (AvgIpc) is 2.27. The van der Waals surface area contributed by atoms with Gasteiger partial charge in [0.2, 0.25) is 0 Å². The van der Waals surface area contributed by atoms with Crippen LogP contribution in [-0.2, 0) is 4.79 Å². The Morgan fingerprint density at radius 1 is 1.50 bits per heavy atom. The van der Waals surface area contributed by atoms with E-state index in [-0.39, 0.29) is 17.9 Å². The standard InChI is InChI=1S/C11H13NO6/c1-7(5-11(13)14)18-10-6-8(12(15)16)3-4-9(10)17-2/h3-4,6-7H,5H2,1-2H3,(H,13,14)/t7-/m0/s1. The van der Waals surface area contributed by atoms with E-state index in [2.05, 4.69) is 0 Å². The minimum absolute atomic E-state index is 0.145. The third-order valence-electron chi connectivity index (χ3n) is 2.15. The summed E-state index contributed by atoms with van der Waals surface area (Å²) in [6.45, 7) is 1.56. The summed E-state index contributed by atoms with van der Waals surface area (Å²) in [7, 11) is 1.40. The fourth-order valence-electron chi connectivity index (χ4n) is 1.38. The van der Waals surface area contributed by atoms with E-state index in [1.54, 1.807) is 6.92 Å². The average molecular weight is 255 g/mol. The maximum Gasteiger partial charge on any atom is 0.307 e. The van der Waals surface area contributed by atoms with Crippen molar-refractivity contribution in [3.63, 3.8) is 0 Å². The van der Waals surface area contributed by atoms with Gasteiger partial charge in [0.05, 0.1) is 24.5 Å². The van der Waals surface area contributed by atoms with Crippen LogP contribution in [0.1, 0.15) is 13.3 Å². The molecule has 1 atom stereocenters. The van der Waals surface area contributed by atoms with Crippen LogP contribution in [-0.4, -0.2) is 29.2 Å². The maximum atomic E-state index is 10.6. The molecular weight excluding hydrogens is 242 g/mol. The number of non-ortho nitro benzene ring substituents is 1. The van der Waals surface area contributed by atoms with Gasteiger partial charge in [0.15, 0.2) is 11.5 Å². The molecule has 0 heterocycles. The number of rotatable bonds is 6. The summed E-state index contributed by atoms with van der Waals surface area (Å²) in [5.74, 6) is -0.537. The molecule has 0 spiro atoms. The first-order valence-corrected chi connectivity index (χ1v) is 5.15. The van der Waals surface area contributed by atoms with E-state index in [1.165, 1.54) is 25.3 Å². The van der Waals surface area contributed by atoms with Crippen molar-refractivity contribution in [2.24, 2.45) is 0 Å². The number of hydrogen-bond acceptors (Lipinski definition) is 5. The van der Waals surface area contributed by atoms with E-state index >= 15 is 0 Å². The first-order valence-electron chi connectivity index (χ1n) is 5.15. The molecule has 98 valence electrons. The summed E-state index contributed by atoms with van der Waals surface area (Å²) in [6.07, 6.45) is -0.815. The van der Waals surface area contributed by atoms with Crippen LogP contribution in [0, 0.1) is 10.1 Å². The molecule has 7 nitrogen and oxygen atoms in total. The molecule has 0 aliphatic carbocycles. The van der Waals surface area contributed by atoms with E-state index in [9.17, 15) is 14.9 Å². The molecule has 18 heavy (non-hydrogen) atoms. The molecule has 0 aromatic heterocycles. The highest BCUT2D eigenvalue weighted by Gasteiger charge is 2.16. The largest absolute Gasteiger partial charge is 0.493 e. The molecular formula is C11H13NO6.